The van der Waals surface area contributed by atoms with Gasteiger partial charge in [-0.2, -0.15) is 0 Å². The second-order valence-corrected chi connectivity index (χ2v) is 6.57. The van der Waals surface area contributed by atoms with Gasteiger partial charge in [-0.05, 0) is 17.7 Å². The topological polar surface area (TPSA) is 123 Å². The van der Waals surface area contributed by atoms with Crippen molar-refractivity contribution in [3.05, 3.63) is 53.6 Å². The van der Waals surface area contributed by atoms with Crippen LogP contribution in [-0.2, 0) is 16.0 Å². The van der Waals surface area contributed by atoms with Gasteiger partial charge in [0.15, 0.2) is 11.5 Å². The van der Waals surface area contributed by atoms with E-state index >= 15 is 0 Å². The molecule has 31 heavy (non-hydrogen) atoms. The molecule has 9 heteroatoms. The van der Waals surface area contributed by atoms with Crippen molar-refractivity contribution in [1.82, 2.24) is 10.6 Å². The number of carbonyl (C=O) groups is 3. The summed E-state index contributed by atoms with van der Waals surface area (Å²) in [6.07, 6.45) is 0.0917. The number of rotatable bonds is 11. The van der Waals surface area contributed by atoms with E-state index in [0.29, 0.717) is 17.2 Å². The van der Waals surface area contributed by atoms with Crippen molar-refractivity contribution in [2.24, 2.45) is 0 Å². The Hall–Kier alpha value is -3.75. The van der Waals surface area contributed by atoms with E-state index in [1.807, 2.05) is 6.07 Å². The number of hydrogen-bond acceptors (Lipinski definition) is 6. The standard InChI is InChI=1S/C22H26N2O7/c1-29-17-12-15(13-18(30-2)20(17)31-3)21(26)23-10-9-19(25)24-16(22(27)28)11-14-7-5-4-6-8-14/h4-8,12-13,16H,9-11H2,1-3H3,(H,23,26)(H,24,25)(H,27,28)/t16-/m1/s1. The molecule has 0 spiro atoms. The van der Waals surface area contributed by atoms with Gasteiger partial charge >= 0.3 is 5.97 Å². The lowest BCUT2D eigenvalue weighted by molar-refractivity contribution is -0.141. The first-order chi connectivity index (χ1) is 14.9. The van der Waals surface area contributed by atoms with E-state index in [4.69, 9.17) is 14.2 Å². The summed E-state index contributed by atoms with van der Waals surface area (Å²) >= 11 is 0. The molecule has 166 valence electrons. The highest BCUT2D eigenvalue weighted by atomic mass is 16.5. The van der Waals surface area contributed by atoms with Crippen molar-refractivity contribution in [2.45, 2.75) is 18.9 Å². The molecule has 2 aromatic carbocycles. The molecule has 9 nitrogen and oxygen atoms in total. The van der Waals surface area contributed by atoms with Crippen LogP contribution < -0.4 is 24.8 Å². The van der Waals surface area contributed by atoms with E-state index < -0.39 is 23.8 Å². The number of carbonyl (C=O) groups excluding carboxylic acids is 2. The molecule has 0 heterocycles. The van der Waals surface area contributed by atoms with Crippen LogP contribution in [0.25, 0.3) is 0 Å². The summed E-state index contributed by atoms with van der Waals surface area (Å²) < 4.78 is 15.7. The Morgan fingerprint density at radius 3 is 2.10 bits per heavy atom. The van der Waals surface area contributed by atoms with Crippen LogP contribution in [0, 0.1) is 0 Å². The van der Waals surface area contributed by atoms with Crippen LogP contribution in [-0.4, -0.2) is 56.8 Å². The Morgan fingerprint density at radius 2 is 1.58 bits per heavy atom. The van der Waals surface area contributed by atoms with E-state index in [0.717, 1.165) is 5.56 Å². The fraction of sp³-hybridized carbons (Fsp3) is 0.318. The van der Waals surface area contributed by atoms with E-state index in [2.05, 4.69) is 10.6 Å². The van der Waals surface area contributed by atoms with Gasteiger partial charge in [0, 0.05) is 24.9 Å². The van der Waals surface area contributed by atoms with Crippen LogP contribution in [0.2, 0.25) is 0 Å². The summed E-state index contributed by atoms with van der Waals surface area (Å²) in [7, 11) is 4.34. The van der Waals surface area contributed by atoms with Gasteiger partial charge in [-0.25, -0.2) is 4.79 Å². The number of hydrogen-bond donors (Lipinski definition) is 3. The zero-order valence-electron chi connectivity index (χ0n) is 17.6. The molecule has 0 aromatic heterocycles. The SMILES string of the molecule is COc1cc(C(=O)NCCC(=O)N[C@H](Cc2ccccc2)C(=O)O)cc(OC)c1OC. The fourth-order valence-corrected chi connectivity index (χ4v) is 2.92. The minimum atomic E-state index is -1.13. The normalized spacial score (nSPS) is 11.2. The maximum Gasteiger partial charge on any atom is 0.326 e. The largest absolute Gasteiger partial charge is 0.493 e. The van der Waals surface area contributed by atoms with Crippen LogP contribution in [0.1, 0.15) is 22.3 Å². The summed E-state index contributed by atoms with van der Waals surface area (Å²) in [5.74, 6) is -1.03. The van der Waals surface area contributed by atoms with Gasteiger partial charge in [0.2, 0.25) is 11.7 Å². The molecule has 1 atom stereocenters. The van der Waals surface area contributed by atoms with Gasteiger partial charge in [-0.3, -0.25) is 9.59 Å². The van der Waals surface area contributed by atoms with Gasteiger partial charge in [-0.15, -0.1) is 0 Å². The summed E-state index contributed by atoms with van der Waals surface area (Å²) in [5, 5.41) is 14.5. The van der Waals surface area contributed by atoms with Gasteiger partial charge in [0.05, 0.1) is 21.3 Å². The van der Waals surface area contributed by atoms with Crippen molar-refractivity contribution in [3.63, 3.8) is 0 Å². The van der Waals surface area contributed by atoms with Crippen molar-refractivity contribution >= 4 is 17.8 Å². The van der Waals surface area contributed by atoms with Crippen LogP contribution in [0.3, 0.4) is 0 Å². The number of benzene rings is 2. The minimum Gasteiger partial charge on any atom is -0.493 e. The van der Waals surface area contributed by atoms with Gasteiger partial charge in [0.1, 0.15) is 6.04 Å². The lowest BCUT2D eigenvalue weighted by Crippen LogP contribution is -2.43. The number of nitrogens with one attached hydrogen (secondary N) is 2. The third-order valence-corrected chi connectivity index (χ3v) is 4.48. The molecule has 2 rings (SSSR count). The first-order valence-electron chi connectivity index (χ1n) is 9.53. The molecule has 0 unspecified atom stereocenters. The maximum atomic E-state index is 12.4. The Morgan fingerprint density at radius 1 is 0.968 bits per heavy atom. The number of amides is 2. The first-order valence-corrected chi connectivity index (χ1v) is 9.53. The van der Waals surface area contributed by atoms with Crippen LogP contribution in [0.5, 0.6) is 17.2 Å². The van der Waals surface area contributed by atoms with E-state index in [9.17, 15) is 19.5 Å². The van der Waals surface area contributed by atoms with Gasteiger partial charge < -0.3 is 30.0 Å². The molecule has 0 saturated carbocycles. The molecule has 0 bridgehead atoms. The minimum absolute atomic E-state index is 0.0268. The zero-order valence-corrected chi connectivity index (χ0v) is 17.6. The number of carboxylic acid groups (broad SMARTS) is 1. The molecule has 2 amide bonds. The molecule has 3 N–H and O–H groups in total. The summed E-state index contributed by atoms with van der Waals surface area (Å²) in [6.45, 7) is 0.0268. The lowest BCUT2D eigenvalue weighted by atomic mass is 10.1. The molecular weight excluding hydrogens is 404 g/mol. The fourth-order valence-electron chi connectivity index (χ4n) is 2.92. The van der Waals surface area contributed by atoms with Crippen molar-refractivity contribution in [1.29, 1.82) is 0 Å². The predicted octanol–water partition coefficient (Wildman–Crippen LogP) is 1.64. The van der Waals surface area contributed by atoms with Gasteiger partial charge in [-0.1, -0.05) is 30.3 Å². The quantitative estimate of drug-likeness (QED) is 0.495. The number of aliphatic carboxylic acids is 1. The first kappa shape index (κ1) is 23.5. The number of methoxy groups -OCH3 is 3. The molecule has 0 aliphatic carbocycles. The highest BCUT2D eigenvalue weighted by Crippen LogP contribution is 2.38. The summed E-state index contributed by atoms with van der Waals surface area (Å²) in [4.78, 5) is 36.1. The second-order valence-electron chi connectivity index (χ2n) is 6.57. The highest BCUT2D eigenvalue weighted by Gasteiger charge is 2.21. The maximum absolute atomic E-state index is 12.4. The highest BCUT2D eigenvalue weighted by molar-refractivity contribution is 5.96. The number of ether oxygens (including phenoxy) is 3. The van der Waals surface area contributed by atoms with Crippen molar-refractivity contribution in [3.8, 4) is 17.2 Å². The van der Waals surface area contributed by atoms with Crippen molar-refractivity contribution in [2.75, 3.05) is 27.9 Å². The monoisotopic (exact) mass is 430 g/mol. The molecule has 0 fully saturated rings. The molecule has 0 radical (unpaired) electrons. The lowest BCUT2D eigenvalue weighted by Gasteiger charge is -2.15. The second kappa shape index (κ2) is 11.4. The third-order valence-electron chi connectivity index (χ3n) is 4.48. The van der Waals surface area contributed by atoms with Crippen molar-refractivity contribution < 1.29 is 33.7 Å². The Kier molecular flexibility index (Phi) is 8.68. The van der Waals surface area contributed by atoms with Crippen LogP contribution in [0.4, 0.5) is 0 Å². The smallest absolute Gasteiger partial charge is 0.326 e. The number of carboxylic acids is 1. The Labute approximate surface area is 180 Å². The third kappa shape index (κ3) is 6.63. The average Bonchev–Trinajstić information content (AvgIpc) is 2.77. The van der Waals surface area contributed by atoms with Gasteiger partial charge in [0.25, 0.3) is 5.91 Å². The average molecular weight is 430 g/mol. The van der Waals surface area contributed by atoms with Crippen LogP contribution in [0.15, 0.2) is 42.5 Å². The van der Waals surface area contributed by atoms with E-state index in [1.165, 1.54) is 33.5 Å². The molecule has 2 aromatic rings. The van der Waals surface area contributed by atoms with E-state index in [1.54, 1.807) is 24.3 Å². The summed E-state index contributed by atoms with van der Waals surface area (Å²) in [6, 6.07) is 11.0. The molecule has 0 aliphatic rings. The molecule has 0 saturated heterocycles. The predicted molar refractivity (Wildman–Crippen MR) is 113 cm³/mol. The molecular formula is C22H26N2O7. The van der Waals surface area contributed by atoms with Crippen LogP contribution >= 0.6 is 0 Å². The summed E-state index contributed by atoms with van der Waals surface area (Å²) in [5.41, 5.74) is 1.06. The van der Waals surface area contributed by atoms with E-state index in [-0.39, 0.29) is 24.9 Å². The Bertz CT molecular complexity index is 890. The zero-order chi connectivity index (χ0) is 22.8. The Balaban J connectivity index is 1.92. The molecule has 0 aliphatic heterocycles.